The number of alkyl carbamates (subject to hydrolysis) is 1. The summed E-state index contributed by atoms with van der Waals surface area (Å²) in [7, 11) is 0. The van der Waals surface area contributed by atoms with Gasteiger partial charge in [0.25, 0.3) is 0 Å². The standard InChI is InChI=1S/C23H27NO4/c1-17(2)22(24-23(27)28-16-19-11-7-4-8-12-19)21(26)14-20(15-25)13-18-9-5-3-6-10-18/h3-12,15,17,20,22H,13-14,16H2,1-2H3,(H,24,27)/t20-,22+/m1/s1. The number of Topliss-reactive ketones (excluding diaryl/α,β-unsaturated/α-hetero) is 1. The molecule has 28 heavy (non-hydrogen) atoms. The Labute approximate surface area is 166 Å². The number of hydrogen-bond donors (Lipinski definition) is 1. The lowest BCUT2D eigenvalue weighted by atomic mass is 9.90. The highest BCUT2D eigenvalue weighted by atomic mass is 16.5. The van der Waals surface area contributed by atoms with Crippen molar-refractivity contribution in [2.75, 3.05) is 0 Å². The molecule has 1 N–H and O–H groups in total. The number of carbonyl (C=O) groups excluding carboxylic acids is 3. The summed E-state index contributed by atoms with van der Waals surface area (Å²) in [6, 6.07) is 18.2. The van der Waals surface area contributed by atoms with E-state index in [1.807, 2.05) is 74.5 Å². The van der Waals surface area contributed by atoms with Gasteiger partial charge >= 0.3 is 6.09 Å². The number of ether oxygens (including phenoxy) is 1. The van der Waals surface area contributed by atoms with Crippen molar-refractivity contribution >= 4 is 18.2 Å². The molecule has 0 heterocycles. The molecule has 0 saturated carbocycles. The molecule has 1 amide bonds. The van der Waals surface area contributed by atoms with Gasteiger partial charge in [-0.1, -0.05) is 74.5 Å². The molecule has 148 valence electrons. The maximum absolute atomic E-state index is 12.7. The van der Waals surface area contributed by atoms with Gasteiger partial charge in [0, 0.05) is 12.3 Å². The molecule has 2 atom stereocenters. The monoisotopic (exact) mass is 381 g/mol. The van der Waals surface area contributed by atoms with Gasteiger partial charge in [0.2, 0.25) is 0 Å². The lowest BCUT2D eigenvalue weighted by Crippen LogP contribution is -2.45. The van der Waals surface area contributed by atoms with Crippen LogP contribution in [0.5, 0.6) is 0 Å². The Balaban J connectivity index is 1.90. The summed E-state index contributed by atoms with van der Waals surface area (Å²) in [6.45, 7) is 3.84. The van der Waals surface area contributed by atoms with Crippen LogP contribution in [0.1, 0.15) is 31.4 Å². The SMILES string of the molecule is CC(C)[C@H](NC(=O)OCc1ccccc1)C(=O)C[C@H](C=O)Cc1ccccc1. The second kappa shape index (κ2) is 11.0. The summed E-state index contributed by atoms with van der Waals surface area (Å²) in [5.74, 6) is -0.696. The van der Waals surface area contributed by atoms with Gasteiger partial charge < -0.3 is 14.8 Å². The average Bonchev–Trinajstić information content (AvgIpc) is 2.71. The topological polar surface area (TPSA) is 72.5 Å². The predicted octanol–water partition coefficient (Wildman–Crippen LogP) is 3.95. The van der Waals surface area contributed by atoms with E-state index in [0.717, 1.165) is 17.4 Å². The predicted molar refractivity (Wildman–Crippen MR) is 108 cm³/mol. The molecule has 2 rings (SSSR count). The van der Waals surface area contributed by atoms with Crippen LogP contribution in [0.3, 0.4) is 0 Å². The summed E-state index contributed by atoms with van der Waals surface area (Å²) in [5, 5.41) is 2.65. The first-order valence-electron chi connectivity index (χ1n) is 9.48. The van der Waals surface area contributed by atoms with E-state index in [-0.39, 0.29) is 24.7 Å². The lowest BCUT2D eigenvalue weighted by Gasteiger charge is -2.22. The fourth-order valence-corrected chi connectivity index (χ4v) is 2.98. The van der Waals surface area contributed by atoms with Crippen LogP contribution in [-0.4, -0.2) is 24.2 Å². The zero-order chi connectivity index (χ0) is 20.4. The van der Waals surface area contributed by atoms with Crippen molar-refractivity contribution in [3.05, 3.63) is 71.8 Å². The van der Waals surface area contributed by atoms with Crippen LogP contribution in [0.4, 0.5) is 4.79 Å². The number of carbonyl (C=O) groups is 3. The van der Waals surface area contributed by atoms with E-state index >= 15 is 0 Å². The molecule has 0 aliphatic carbocycles. The minimum absolute atomic E-state index is 0.0835. The summed E-state index contributed by atoms with van der Waals surface area (Å²) >= 11 is 0. The van der Waals surface area contributed by atoms with Crippen molar-refractivity contribution in [3.8, 4) is 0 Å². The van der Waals surface area contributed by atoms with Crippen molar-refractivity contribution in [1.82, 2.24) is 5.32 Å². The van der Waals surface area contributed by atoms with E-state index in [1.54, 1.807) is 0 Å². The summed E-state index contributed by atoms with van der Waals surface area (Å²) in [6.07, 6.45) is 0.761. The minimum Gasteiger partial charge on any atom is -0.445 e. The van der Waals surface area contributed by atoms with E-state index in [4.69, 9.17) is 4.74 Å². The van der Waals surface area contributed by atoms with Crippen molar-refractivity contribution < 1.29 is 19.1 Å². The molecule has 0 aromatic heterocycles. The highest BCUT2D eigenvalue weighted by Gasteiger charge is 2.27. The molecule has 0 saturated heterocycles. The number of amides is 1. The fraction of sp³-hybridized carbons (Fsp3) is 0.348. The Bertz CT molecular complexity index is 759. The molecule has 0 spiro atoms. The zero-order valence-corrected chi connectivity index (χ0v) is 16.3. The van der Waals surface area contributed by atoms with Crippen LogP contribution in [0, 0.1) is 11.8 Å². The quantitative estimate of drug-likeness (QED) is 0.633. The molecular formula is C23H27NO4. The van der Waals surface area contributed by atoms with E-state index in [2.05, 4.69) is 5.32 Å². The molecule has 0 unspecified atom stereocenters. The third kappa shape index (κ3) is 6.99. The number of ketones is 1. The largest absolute Gasteiger partial charge is 0.445 e. The van der Waals surface area contributed by atoms with Gasteiger partial charge in [-0.2, -0.15) is 0 Å². The first-order chi connectivity index (χ1) is 13.5. The van der Waals surface area contributed by atoms with Crippen LogP contribution in [0.15, 0.2) is 60.7 Å². The van der Waals surface area contributed by atoms with Crippen LogP contribution in [0.2, 0.25) is 0 Å². The lowest BCUT2D eigenvalue weighted by molar-refractivity contribution is -0.125. The Morgan fingerprint density at radius 3 is 2.07 bits per heavy atom. The molecule has 0 aliphatic rings. The van der Waals surface area contributed by atoms with Gasteiger partial charge in [-0.05, 0) is 23.5 Å². The number of rotatable bonds is 10. The summed E-state index contributed by atoms with van der Waals surface area (Å²) in [5.41, 5.74) is 1.87. The Morgan fingerprint density at radius 1 is 0.964 bits per heavy atom. The van der Waals surface area contributed by atoms with Crippen LogP contribution >= 0.6 is 0 Å². The molecule has 0 bridgehead atoms. The molecule has 5 heteroatoms. The Kier molecular flexibility index (Phi) is 8.40. The fourth-order valence-electron chi connectivity index (χ4n) is 2.98. The second-order valence-electron chi connectivity index (χ2n) is 7.18. The summed E-state index contributed by atoms with van der Waals surface area (Å²) in [4.78, 5) is 36.3. The van der Waals surface area contributed by atoms with Crippen LogP contribution < -0.4 is 5.32 Å². The number of aldehydes is 1. The minimum atomic E-state index is -0.693. The normalized spacial score (nSPS) is 12.8. The van der Waals surface area contributed by atoms with Gasteiger partial charge in [-0.15, -0.1) is 0 Å². The van der Waals surface area contributed by atoms with Gasteiger partial charge in [0.15, 0.2) is 5.78 Å². The number of benzene rings is 2. The third-order valence-corrected chi connectivity index (χ3v) is 4.50. The second-order valence-corrected chi connectivity index (χ2v) is 7.18. The number of hydrogen-bond acceptors (Lipinski definition) is 4. The molecule has 2 aromatic rings. The van der Waals surface area contributed by atoms with Crippen molar-refractivity contribution in [2.24, 2.45) is 11.8 Å². The molecule has 0 aliphatic heterocycles. The van der Waals surface area contributed by atoms with Gasteiger partial charge in [-0.3, -0.25) is 4.79 Å². The van der Waals surface area contributed by atoms with Crippen LogP contribution in [0.25, 0.3) is 0 Å². The van der Waals surface area contributed by atoms with E-state index in [0.29, 0.717) is 6.42 Å². The van der Waals surface area contributed by atoms with Gasteiger partial charge in [0.1, 0.15) is 12.9 Å². The molecule has 0 fully saturated rings. The van der Waals surface area contributed by atoms with E-state index < -0.39 is 18.1 Å². The highest BCUT2D eigenvalue weighted by molar-refractivity contribution is 5.89. The average molecular weight is 381 g/mol. The van der Waals surface area contributed by atoms with Crippen molar-refractivity contribution in [1.29, 1.82) is 0 Å². The maximum atomic E-state index is 12.7. The first kappa shape index (κ1) is 21.4. The Hall–Kier alpha value is -2.95. The first-order valence-corrected chi connectivity index (χ1v) is 9.48. The zero-order valence-electron chi connectivity index (χ0n) is 16.3. The van der Waals surface area contributed by atoms with Crippen molar-refractivity contribution in [3.63, 3.8) is 0 Å². The van der Waals surface area contributed by atoms with E-state index in [1.165, 1.54) is 0 Å². The Morgan fingerprint density at radius 2 is 1.54 bits per heavy atom. The molecule has 2 aromatic carbocycles. The van der Waals surface area contributed by atoms with Crippen LogP contribution in [-0.2, 0) is 27.4 Å². The molecular weight excluding hydrogens is 354 g/mol. The molecule has 5 nitrogen and oxygen atoms in total. The third-order valence-electron chi connectivity index (χ3n) is 4.50. The smallest absolute Gasteiger partial charge is 0.408 e. The maximum Gasteiger partial charge on any atom is 0.408 e. The molecule has 0 radical (unpaired) electrons. The number of nitrogens with one attached hydrogen (secondary N) is 1. The van der Waals surface area contributed by atoms with Gasteiger partial charge in [-0.25, -0.2) is 4.79 Å². The highest BCUT2D eigenvalue weighted by Crippen LogP contribution is 2.15. The van der Waals surface area contributed by atoms with Gasteiger partial charge in [0.05, 0.1) is 6.04 Å². The van der Waals surface area contributed by atoms with Crippen molar-refractivity contribution in [2.45, 2.75) is 39.3 Å². The summed E-state index contributed by atoms with van der Waals surface area (Å²) < 4.78 is 5.21. The van der Waals surface area contributed by atoms with E-state index in [9.17, 15) is 14.4 Å².